The summed E-state index contributed by atoms with van der Waals surface area (Å²) in [5.74, 6) is 0. The summed E-state index contributed by atoms with van der Waals surface area (Å²) in [4.78, 5) is 31.9. The Bertz CT molecular complexity index is 922. The fourth-order valence-corrected chi connectivity index (χ4v) is 4.48. The number of fused-ring (bicyclic) bond motifs is 1. The van der Waals surface area contributed by atoms with Gasteiger partial charge < -0.3 is 15.4 Å². The van der Waals surface area contributed by atoms with Gasteiger partial charge in [-0.1, -0.05) is 12.8 Å². The molecule has 2 unspecified atom stereocenters. The second kappa shape index (κ2) is 7.84. The van der Waals surface area contributed by atoms with E-state index in [4.69, 9.17) is 0 Å². The first-order valence-electron chi connectivity index (χ1n) is 9.87. The Hall–Kier alpha value is -2.52. The van der Waals surface area contributed by atoms with E-state index in [-0.39, 0.29) is 34.8 Å². The van der Waals surface area contributed by atoms with Gasteiger partial charge in [0.25, 0.3) is 11.2 Å². The lowest BCUT2D eigenvalue weighted by molar-refractivity contribution is -0.383. The van der Waals surface area contributed by atoms with Crippen molar-refractivity contribution in [2.45, 2.75) is 56.7 Å². The molecule has 1 aliphatic heterocycles. The molecule has 1 aliphatic carbocycles. The molecule has 2 atom stereocenters. The van der Waals surface area contributed by atoms with Gasteiger partial charge in [-0.25, -0.2) is 4.98 Å². The molecular weight excluding hydrogens is 362 g/mol. The minimum absolute atomic E-state index is 0.107. The van der Waals surface area contributed by atoms with Crippen LogP contribution in [-0.4, -0.2) is 56.2 Å². The van der Waals surface area contributed by atoms with E-state index < -0.39 is 4.92 Å². The Morgan fingerprint density at radius 3 is 2.68 bits per heavy atom. The third kappa shape index (κ3) is 3.72. The number of H-pyrrole nitrogens is 1. The number of rotatable bonds is 4. The normalized spacial score (nSPS) is 24.3. The lowest BCUT2D eigenvalue weighted by Crippen LogP contribution is -2.50. The first-order chi connectivity index (χ1) is 13.5. The number of hydrogen-bond donors (Lipinski definition) is 3. The predicted octanol–water partition coefficient (Wildman–Crippen LogP) is 2.01. The van der Waals surface area contributed by atoms with Gasteiger partial charge in [0.1, 0.15) is 5.69 Å². The van der Waals surface area contributed by atoms with Gasteiger partial charge in [0, 0.05) is 31.2 Å². The van der Waals surface area contributed by atoms with Crippen molar-refractivity contribution in [2.75, 3.05) is 18.4 Å². The van der Waals surface area contributed by atoms with Crippen molar-refractivity contribution >= 4 is 22.3 Å². The van der Waals surface area contributed by atoms with Crippen LogP contribution in [0.2, 0.25) is 0 Å². The van der Waals surface area contributed by atoms with Crippen molar-refractivity contribution in [3.63, 3.8) is 0 Å². The maximum atomic E-state index is 11.9. The van der Waals surface area contributed by atoms with Crippen LogP contribution in [0.25, 0.3) is 10.9 Å². The van der Waals surface area contributed by atoms with Crippen LogP contribution in [0.4, 0.5) is 11.4 Å². The molecule has 1 aromatic heterocycles. The van der Waals surface area contributed by atoms with Crippen molar-refractivity contribution in [1.82, 2.24) is 14.9 Å². The van der Waals surface area contributed by atoms with E-state index in [0.29, 0.717) is 11.2 Å². The topological polar surface area (TPSA) is 124 Å². The maximum Gasteiger partial charge on any atom is 0.293 e. The summed E-state index contributed by atoms with van der Waals surface area (Å²) in [5, 5.41) is 25.3. The molecule has 1 saturated carbocycles. The zero-order chi connectivity index (χ0) is 19.7. The SMILES string of the molecule is O=c1[nH]cnc2cc(NC3CCN(C4CCCCC4O)CC3)c([N+](=O)[O-])cc12. The van der Waals surface area contributed by atoms with Crippen molar-refractivity contribution in [3.05, 3.63) is 38.9 Å². The second-order valence-electron chi connectivity index (χ2n) is 7.75. The average molecular weight is 387 g/mol. The zero-order valence-electron chi connectivity index (χ0n) is 15.6. The number of nitrogens with one attached hydrogen (secondary N) is 2. The van der Waals surface area contributed by atoms with Crippen molar-refractivity contribution in [3.8, 4) is 0 Å². The molecular formula is C19H25N5O4. The monoisotopic (exact) mass is 387 g/mol. The molecule has 2 aromatic rings. The molecule has 0 amide bonds. The quantitative estimate of drug-likeness (QED) is 0.541. The molecule has 28 heavy (non-hydrogen) atoms. The number of hydrogen-bond acceptors (Lipinski definition) is 7. The molecule has 0 bridgehead atoms. The number of aromatic amines is 1. The average Bonchev–Trinajstić information content (AvgIpc) is 2.69. The number of anilines is 1. The number of nitro groups is 1. The fraction of sp³-hybridized carbons (Fsp3) is 0.579. The number of likely N-dealkylation sites (tertiary alicyclic amines) is 1. The van der Waals surface area contributed by atoms with Crippen LogP contribution in [-0.2, 0) is 0 Å². The van der Waals surface area contributed by atoms with E-state index in [2.05, 4.69) is 20.2 Å². The van der Waals surface area contributed by atoms with Gasteiger partial charge in [0.2, 0.25) is 0 Å². The molecule has 1 aromatic carbocycles. The van der Waals surface area contributed by atoms with Gasteiger partial charge >= 0.3 is 0 Å². The molecule has 0 radical (unpaired) electrons. The highest BCUT2D eigenvalue weighted by atomic mass is 16.6. The van der Waals surface area contributed by atoms with Gasteiger partial charge in [0.15, 0.2) is 0 Å². The summed E-state index contributed by atoms with van der Waals surface area (Å²) in [5.41, 5.74) is 0.321. The van der Waals surface area contributed by atoms with Gasteiger partial charge in [-0.05, 0) is 31.7 Å². The van der Waals surface area contributed by atoms with Crippen LogP contribution >= 0.6 is 0 Å². The Morgan fingerprint density at radius 1 is 1.21 bits per heavy atom. The molecule has 150 valence electrons. The molecule has 2 aliphatic rings. The molecule has 2 heterocycles. The first kappa shape index (κ1) is 18.8. The van der Waals surface area contributed by atoms with E-state index in [1.54, 1.807) is 6.07 Å². The van der Waals surface area contributed by atoms with E-state index in [0.717, 1.165) is 51.6 Å². The minimum Gasteiger partial charge on any atom is -0.391 e. The van der Waals surface area contributed by atoms with Crippen LogP contribution in [0.3, 0.4) is 0 Å². The van der Waals surface area contributed by atoms with Crippen molar-refractivity contribution < 1.29 is 10.0 Å². The van der Waals surface area contributed by atoms with Gasteiger partial charge in [-0.2, -0.15) is 0 Å². The summed E-state index contributed by atoms with van der Waals surface area (Å²) < 4.78 is 0. The lowest BCUT2D eigenvalue weighted by Gasteiger charge is -2.41. The second-order valence-corrected chi connectivity index (χ2v) is 7.75. The highest BCUT2D eigenvalue weighted by Gasteiger charge is 2.32. The molecule has 4 rings (SSSR count). The van der Waals surface area contributed by atoms with E-state index >= 15 is 0 Å². The van der Waals surface area contributed by atoms with Crippen molar-refractivity contribution in [1.29, 1.82) is 0 Å². The van der Waals surface area contributed by atoms with Crippen LogP contribution in [0, 0.1) is 10.1 Å². The van der Waals surface area contributed by atoms with Crippen LogP contribution in [0.15, 0.2) is 23.3 Å². The van der Waals surface area contributed by atoms with E-state index in [1.807, 2.05) is 0 Å². The summed E-state index contributed by atoms with van der Waals surface area (Å²) in [6.07, 6.45) is 6.92. The van der Waals surface area contributed by atoms with Crippen LogP contribution < -0.4 is 10.9 Å². The number of aliphatic hydroxyl groups is 1. The minimum atomic E-state index is -0.471. The fourth-order valence-electron chi connectivity index (χ4n) is 4.48. The Labute approximate surface area is 161 Å². The Balaban J connectivity index is 1.49. The van der Waals surface area contributed by atoms with E-state index in [1.165, 1.54) is 12.4 Å². The van der Waals surface area contributed by atoms with E-state index in [9.17, 15) is 20.0 Å². The maximum absolute atomic E-state index is 11.9. The largest absolute Gasteiger partial charge is 0.391 e. The number of nitrogens with zero attached hydrogens (tertiary/aromatic N) is 3. The smallest absolute Gasteiger partial charge is 0.293 e. The highest BCUT2D eigenvalue weighted by molar-refractivity contribution is 5.86. The molecule has 2 fully saturated rings. The summed E-state index contributed by atoms with van der Waals surface area (Å²) in [6, 6.07) is 3.22. The molecule has 0 spiro atoms. The predicted molar refractivity (Wildman–Crippen MR) is 105 cm³/mol. The summed E-state index contributed by atoms with van der Waals surface area (Å²) >= 11 is 0. The van der Waals surface area contributed by atoms with Crippen molar-refractivity contribution in [2.24, 2.45) is 0 Å². The number of piperidine rings is 1. The number of nitro benzene ring substituents is 1. The van der Waals surface area contributed by atoms with Crippen LogP contribution in [0.1, 0.15) is 38.5 Å². The Morgan fingerprint density at radius 2 is 1.96 bits per heavy atom. The number of benzene rings is 1. The van der Waals surface area contributed by atoms with Gasteiger partial charge in [-0.3, -0.25) is 19.8 Å². The zero-order valence-corrected chi connectivity index (χ0v) is 15.6. The summed E-state index contributed by atoms with van der Waals surface area (Å²) in [7, 11) is 0. The van der Waals surface area contributed by atoms with Crippen LogP contribution in [0.5, 0.6) is 0 Å². The standard InChI is InChI=1S/C19H25N5O4/c25-18-4-2-1-3-16(18)23-7-5-12(6-8-23)22-15-10-14-13(9-17(15)24(27)28)19(26)21-11-20-14/h9-12,16,18,22,25H,1-8H2,(H,20,21,26). The Kier molecular flexibility index (Phi) is 5.27. The number of aromatic nitrogens is 2. The molecule has 9 nitrogen and oxygen atoms in total. The molecule has 1 saturated heterocycles. The lowest BCUT2D eigenvalue weighted by atomic mass is 9.89. The molecule has 3 N–H and O–H groups in total. The number of aliphatic hydroxyl groups excluding tert-OH is 1. The third-order valence-electron chi connectivity index (χ3n) is 6.01. The highest BCUT2D eigenvalue weighted by Crippen LogP contribution is 2.31. The van der Waals surface area contributed by atoms with Gasteiger partial charge in [-0.15, -0.1) is 0 Å². The van der Waals surface area contributed by atoms with Gasteiger partial charge in [0.05, 0.1) is 28.3 Å². The third-order valence-corrected chi connectivity index (χ3v) is 6.01. The first-order valence-corrected chi connectivity index (χ1v) is 9.87. The summed E-state index contributed by atoms with van der Waals surface area (Å²) in [6.45, 7) is 1.72. The molecule has 9 heteroatoms.